The van der Waals surface area contributed by atoms with E-state index in [1.165, 1.54) is 186 Å². The molecule has 6 heteroatoms. The maximum atomic E-state index is 12.8. The molecule has 0 radical (unpaired) electrons. The Morgan fingerprint density at radius 2 is 0.506 bits per heavy atom. The van der Waals surface area contributed by atoms with E-state index in [0.29, 0.717) is 19.3 Å². The minimum absolute atomic E-state index is 0.0709. The fourth-order valence-corrected chi connectivity index (χ4v) is 9.48. The quantitative estimate of drug-likeness (QED) is 0.0261. The van der Waals surface area contributed by atoms with Gasteiger partial charge in [-0.3, -0.25) is 14.4 Å². The third-order valence-corrected chi connectivity index (χ3v) is 14.4. The number of allylic oxidation sites excluding steroid dienone is 14. The van der Waals surface area contributed by atoms with Gasteiger partial charge in [0, 0.05) is 19.3 Å². The average molecular weight is 1070 g/mol. The molecule has 0 aliphatic rings. The third-order valence-electron chi connectivity index (χ3n) is 14.4. The van der Waals surface area contributed by atoms with Crippen LogP contribution in [0.5, 0.6) is 0 Å². The molecule has 77 heavy (non-hydrogen) atoms. The summed E-state index contributed by atoms with van der Waals surface area (Å²) in [7, 11) is 0. The number of carbonyl (C=O) groups excluding carboxylic acids is 3. The van der Waals surface area contributed by atoms with Gasteiger partial charge in [-0.2, -0.15) is 0 Å². The summed E-state index contributed by atoms with van der Waals surface area (Å²) in [6.45, 7) is 6.52. The van der Waals surface area contributed by atoms with Gasteiger partial charge in [-0.05, 0) is 77.0 Å². The molecule has 0 aliphatic carbocycles. The van der Waals surface area contributed by atoms with Gasteiger partial charge in [-0.25, -0.2) is 0 Å². The van der Waals surface area contributed by atoms with Crippen LogP contribution in [0.1, 0.15) is 329 Å². The highest BCUT2D eigenvalue weighted by molar-refractivity contribution is 5.71. The predicted octanol–water partition coefficient (Wildman–Crippen LogP) is 22.7. The first-order valence-electron chi connectivity index (χ1n) is 33.1. The zero-order chi connectivity index (χ0) is 55.7. The topological polar surface area (TPSA) is 78.9 Å². The molecule has 0 aromatic heterocycles. The number of hydrogen-bond donors (Lipinski definition) is 0. The number of rotatable bonds is 60. The summed E-state index contributed by atoms with van der Waals surface area (Å²) in [4.78, 5) is 38.1. The summed E-state index contributed by atoms with van der Waals surface area (Å²) >= 11 is 0. The lowest BCUT2D eigenvalue weighted by molar-refractivity contribution is -0.167. The molecule has 0 aliphatic heterocycles. The lowest BCUT2D eigenvalue weighted by Crippen LogP contribution is -2.30. The Labute approximate surface area is 477 Å². The van der Waals surface area contributed by atoms with E-state index in [0.717, 1.165) is 103 Å². The standard InChI is InChI=1S/C71H124O6/c1-4-7-10-13-16-18-20-22-24-26-27-28-29-30-31-32-33-34-35-36-37-38-39-40-41-42-43-45-46-48-50-52-55-58-61-64-70(73)76-67-68(66-75-69(72)63-60-57-54-15-12-9-6-3)77-71(74)65-62-59-56-53-51-49-47-44-25-23-21-19-17-14-11-8-5-2/h7,10,16,18,22,24,27-28,30-31,33-34,36-37,68H,4-6,8-9,11-15,17,19-21,23,25-26,29,32,35,38-67H2,1-3H3/b10-7-,18-16-,24-22-,28-27-,31-30-,34-33-,37-36-. The van der Waals surface area contributed by atoms with Crippen molar-refractivity contribution in [1.29, 1.82) is 0 Å². The predicted molar refractivity (Wildman–Crippen MR) is 334 cm³/mol. The van der Waals surface area contributed by atoms with Crippen molar-refractivity contribution in [3.63, 3.8) is 0 Å². The molecule has 0 saturated carbocycles. The van der Waals surface area contributed by atoms with Crippen molar-refractivity contribution in [2.24, 2.45) is 0 Å². The second-order valence-electron chi connectivity index (χ2n) is 22.0. The lowest BCUT2D eigenvalue weighted by Gasteiger charge is -2.18. The highest BCUT2D eigenvalue weighted by Gasteiger charge is 2.19. The number of unbranched alkanes of at least 4 members (excludes halogenated alkanes) is 35. The molecule has 0 aromatic carbocycles. The Hall–Kier alpha value is -3.41. The highest BCUT2D eigenvalue weighted by atomic mass is 16.6. The molecule has 0 spiro atoms. The SMILES string of the molecule is CC/C=C\C/C=C\C/C=C\C/C=C\C/C=C\C/C=C\C/C=C\CCCCCCCCCCCCCCCC(=O)OCC(COC(=O)CCCCCCCCC)OC(=O)CCCCCCCCCCCCCCCCCCC. The van der Waals surface area contributed by atoms with Gasteiger partial charge < -0.3 is 14.2 Å². The summed E-state index contributed by atoms with van der Waals surface area (Å²) < 4.78 is 16.8. The Balaban J connectivity index is 4.03. The molecule has 0 rings (SSSR count). The van der Waals surface area contributed by atoms with Gasteiger partial charge in [-0.15, -0.1) is 0 Å². The van der Waals surface area contributed by atoms with E-state index >= 15 is 0 Å². The minimum Gasteiger partial charge on any atom is -0.462 e. The van der Waals surface area contributed by atoms with E-state index in [1.54, 1.807) is 0 Å². The number of hydrogen-bond acceptors (Lipinski definition) is 6. The Kier molecular flexibility index (Phi) is 62.2. The lowest BCUT2D eigenvalue weighted by atomic mass is 10.0. The van der Waals surface area contributed by atoms with E-state index in [4.69, 9.17) is 14.2 Å². The van der Waals surface area contributed by atoms with Gasteiger partial charge in [0.1, 0.15) is 13.2 Å². The van der Waals surface area contributed by atoms with Crippen LogP contribution >= 0.6 is 0 Å². The van der Waals surface area contributed by atoms with E-state index in [9.17, 15) is 14.4 Å². The molecule has 1 atom stereocenters. The van der Waals surface area contributed by atoms with Crippen LogP contribution in [0.25, 0.3) is 0 Å². The zero-order valence-corrected chi connectivity index (χ0v) is 51.0. The summed E-state index contributed by atoms with van der Waals surface area (Å²) in [6, 6.07) is 0. The Bertz CT molecular complexity index is 1470. The summed E-state index contributed by atoms with van der Waals surface area (Å²) in [5.41, 5.74) is 0. The molecule has 0 heterocycles. The van der Waals surface area contributed by atoms with Crippen molar-refractivity contribution >= 4 is 17.9 Å². The van der Waals surface area contributed by atoms with Gasteiger partial charge in [0.2, 0.25) is 0 Å². The number of esters is 3. The zero-order valence-electron chi connectivity index (χ0n) is 51.0. The Morgan fingerprint density at radius 3 is 0.792 bits per heavy atom. The summed E-state index contributed by atoms with van der Waals surface area (Å²) in [5, 5.41) is 0. The van der Waals surface area contributed by atoms with E-state index in [1.807, 2.05) is 0 Å². The second-order valence-corrected chi connectivity index (χ2v) is 22.0. The fraction of sp³-hybridized carbons (Fsp3) is 0.761. The first-order valence-corrected chi connectivity index (χ1v) is 33.1. The van der Waals surface area contributed by atoms with Crippen molar-refractivity contribution in [2.75, 3.05) is 13.2 Å². The van der Waals surface area contributed by atoms with Gasteiger partial charge >= 0.3 is 17.9 Å². The van der Waals surface area contributed by atoms with Gasteiger partial charge in [-0.1, -0.05) is 318 Å². The maximum Gasteiger partial charge on any atom is 0.306 e. The maximum absolute atomic E-state index is 12.8. The molecule has 0 N–H and O–H groups in total. The normalized spacial score (nSPS) is 12.6. The van der Waals surface area contributed by atoms with Crippen LogP contribution in [-0.2, 0) is 28.6 Å². The number of ether oxygens (including phenoxy) is 3. The second kappa shape index (κ2) is 65.1. The monoisotopic (exact) mass is 1070 g/mol. The molecule has 1 unspecified atom stereocenters. The van der Waals surface area contributed by atoms with Crippen LogP contribution in [0.4, 0.5) is 0 Å². The van der Waals surface area contributed by atoms with Crippen LogP contribution in [0.3, 0.4) is 0 Å². The summed E-state index contributed by atoms with van der Waals surface area (Å²) in [6.07, 6.45) is 86.3. The molecule has 0 saturated heterocycles. The van der Waals surface area contributed by atoms with Crippen LogP contribution in [0, 0.1) is 0 Å². The third kappa shape index (κ3) is 63.3. The van der Waals surface area contributed by atoms with Crippen LogP contribution in [0.15, 0.2) is 85.1 Å². The van der Waals surface area contributed by atoms with Crippen molar-refractivity contribution < 1.29 is 28.6 Å². The molecule has 444 valence electrons. The smallest absolute Gasteiger partial charge is 0.306 e. The number of carbonyl (C=O) groups is 3. The van der Waals surface area contributed by atoms with Gasteiger partial charge in [0.05, 0.1) is 0 Å². The Morgan fingerprint density at radius 1 is 0.273 bits per heavy atom. The minimum atomic E-state index is -0.770. The fourth-order valence-electron chi connectivity index (χ4n) is 9.48. The molecular formula is C71H124O6. The molecular weight excluding hydrogens is 949 g/mol. The average Bonchev–Trinajstić information content (AvgIpc) is 3.43. The van der Waals surface area contributed by atoms with Crippen LogP contribution in [-0.4, -0.2) is 37.2 Å². The molecule has 0 aromatic rings. The molecule has 0 bridgehead atoms. The summed E-state index contributed by atoms with van der Waals surface area (Å²) in [5.74, 6) is -0.863. The molecule has 0 fully saturated rings. The van der Waals surface area contributed by atoms with E-state index in [2.05, 4.69) is 106 Å². The largest absolute Gasteiger partial charge is 0.462 e. The first kappa shape index (κ1) is 73.6. The first-order chi connectivity index (χ1) is 38.0. The van der Waals surface area contributed by atoms with Crippen molar-refractivity contribution in [2.45, 2.75) is 335 Å². The molecule has 6 nitrogen and oxygen atoms in total. The van der Waals surface area contributed by atoms with Gasteiger partial charge in [0.25, 0.3) is 0 Å². The molecule has 0 amide bonds. The van der Waals surface area contributed by atoms with Crippen LogP contribution < -0.4 is 0 Å². The van der Waals surface area contributed by atoms with Crippen molar-refractivity contribution in [3.05, 3.63) is 85.1 Å². The van der Waals surface area contributed by atoms with Gasteiger partial charge in [0.15, 0.2) is 6.10 Å². The highest BCUT2D eigenvalue weighted by Crippen LogP contribution is 2.17. The van der Waals surface area contributed by atoms with Crippen molar-refractivity contribution in [3.8, 4) is 0 Å². The van der Waals surface area contributed by atoms with E-state index < -0.39 is 6.10 Å². The van der Waals surface area contributed by atoms with Crippen LogP contribution in [0.2, 0.25) is 0 Å². The van der Waals surface area contributed by atoms with Crippen molar-refractivity contribution in [1.82, 2.24) is 0 Å². The van der Waals surface area contributed by atoms with E-state index in [-0.39, 0.29) is 31.1 Å².